The Balaban J connectivity index is 1.77. The quantitative estimate of drug-likeness (QED) is 0.914. The first kappa shape index (κ1) is 16.7. The third-order valence-electron chi connectivity index (χ3n) is 4.38. The van der Waals surface area contributed by atoms with Crippen LogP contribution in [-0.2, 0) is 18.2 Å². The number of aliphatic hydroxyl groups excluding tert-OH is 1. The highest BCUT2D eigenvalue weighted by atomic mass is 16.5. The first-order chi connectivity index (χ1) is 11.5. The van der Waals surface area contributed by atoms with E-state index in [0.29, 0.717) is 31.7 Å². The van der Waals surface area contributed by atoms with Gasteiger partial charge in [0.15, 0.2) is 0 Å². The predicted molar refractivity (Wildman–Crippen MR) is 89.8 cm³/mol. The molecule has 1 aliphatic heterocycles. The van der Waals surface area contributed by atoms with Crippen molar-refractivity contribution in [2.24, 2.45) is 7.05 Å². The first-order valence-corrected chi connectivity index (χ1v) is 8.10. The van der Waals surface area contributed by atoms with E-state index in [1.807, 2.05) is 25.1 Å². The zero-order valence-electron chi connectivity index (χ0n) is 14.1. The maximum Gasteiger partial charge on any atom is 0.257 e. The van der Waals surface area contributed by atoms with Crippen LogP contribution in [0.5, 0.6) is 0 Å². The average Bonchev–Trinajstić information content (AvgIpc) is 3.01. The van der Waals surface area contributed by atoms with Gasteiger partial charge in [-0.3, -0.25) is 9.48 Å². The largest absolute Gasteiger partial charge is 0.393 e. The molecule has 0 radical (unpaired) electrons. The van der Waals surface area contributed by atoms with E-state index < -0.39 is 5.60 Å². The van der Waals surface area contributed by atoms with Crippen LogP contribution in [0.2, 0.25) is 0 Å². The van der Waals surface area contributed by atoms with Gasteiger partial charge in [-0.15, -0.1) is 0 Å². The monoisotopic (exact) mass is 329 g/mol. The lowest BCUT2D eigenvalue weighted by molar-refractivity contribution is -0.123. The van der Waals surface area contributed by atoms with Crippen LogP contribution in [0.4, 0.5) is 0 Å². The lowest BCUT2D eigenvalue weighted by Crippen LogP contribution is -2.56. The summed E-state index contributed by atoms with van der Waals surface area (Å²) in [5, 5.41) is 14.0. The van der Waals surface area contributed by atoms with E-state index in [2.05, 4.69) is 11.2 Å². The summed E-state index contributed by atoms with van der Waals surface area (Å²) >= 11 is 0. The smallest absolute Gasteiger partial charge is 0.257 e. The number of rotatable bonds is 4. The van der Waals surface area contributed by atoms with Crippen molar-refractivity contribution in [3.05, 3.63) is 53.3 Å². The van der Waals surface area contributed by atoms with Gasteiger partial charge in [-0.05, 0) is 12.5 Å². The fourth-order valence-electron chi connectivity index (χ4n) is 3.19. The SMILES string of the molecule is Cc1cccc(C[C@]2(CO)CN(C(=O)c3cnn(C)c3)CCO2)c1. The van der Waals surface area contributed by atoms with Gasteiger partial charge in [-0.25, -0.2) is 0 Å². The number of hydrogen-bond acceptors (Lipinski definition) is 4. The molecule has 0 bridgehead atoms. The molecule has 1 atom stereocenters. The van der Waals surface area contributed by atoms with Crippen LogP contribution < -0.4 is 0 Å². The van der Waals surface area contributed by atoms with Crippen molar-refractivity contribution < 1.29 is 14.6 Å². The Kier molecular flexibility index (Phi) is 4.69. The molecule has 1 aromatic carbocycles. The van der Waals surface area contributed by atoms with Crippen molar-refractivity contribution in [3.63, 3.8) is 0 Å². The van der Waals surface area contributed by atoms with E-state index in [9.17, 15) is 9.90 Å². The van der Waals surface area contributed by atoms with Crippen LogP contribution in [0.1, 0.15) is 21.5 Å². The molecule has 1 aromatic heterocycles. The second kappa shape index (κ2) is 6.75. The molecule has 6 nitrogen and oxygen atoms in total. The van der Waals surface area contributed by atoms with Crippen LogP contribution in [-0.4, -0.2) is 57.6 Å². The number of ether oxygens (including phenoxy) is 1. The second-order valence-corrected chi connectivity index (χ2v) is 6.48. The number of aliphatic hydroxyl groups is 1. The number of morpholine rings is 1. The molecule has 3 rings (SSSR count). The van der Waals surface area contributed by atoms with Crippen LogP contribution in [0.25, 0.3) is 0 Å². The number of benzene rings is 1. The summed E-state index contributed by atoms with van der Waals surface area (Å²) in [5.41, 5.74) is 2.06. The van der Waals surface area contributed by atoms with Crippen molar-refractivity contribution >= 4 is 5.91 Å². The normalized spacial score (nSPS) is 21.0. The summed E-state index contributed by atoms with van der Waals surface area (Å²) in [6, 6.07) is 8.14. The van der Waals surface area contributed by atoms with Crippen LogP contribution in [0, 0.1) is 6.92 Å². The number of aromatic nitrogens is 2. The Bertz CT molecular complexity index is 728. The van der Waals surface area contributed by atoms with Gasteiger partial charge in [0.2, 0.25) is 0 Å². The molecule has 1 N–H and O–H groups in total. The molecule has 1 aliphatic rings. The maximum absolute atomic E-state index is 12.7. The fourth-order valence-corrected chi connectivity index (χ4v) is 3.19. The van der Waals surface area contributed by atoms with Gasteiger partial charge in [0.05, 0.1) is 31.5 Å². The van der Waals surface area contributed by atoms with Gasteiger partial charge >= 0.3 is 0 Å². The molecule has 0 unspecified atom stereocenters. The van der Waals surface area contributed by atoms with E-state index >= 15 is 0 Å². The number of nitrogens with zero attached hydrogens (tertiary/aromatic N) is 3. The summed E-state index contributed by atoms with van der Waals surface area (Å²) in [6.45, 7) is 3.21. The summed E-state index contributed by atoms with van der Waals surface area (Å²) in [5.74, 6) is -0.0755. The Hall–Kier alpha value is -2.18. The predicted octanol–water partition coefficient (Wildman–Crippen LogP) is 1.17. The Morgan fingerprint density at radius 2 is 2.29 bits per heavy atom. The van der Waals surface area contributed by atoms with Gasteiger partial charge in [0.1, 0.15) is 5.60 Å². The highest BCUT2D eigenvalue weighted by molar-refractivity contribution is 5.93. The van der Waals surface area contributed by atoms with Gasteiger partial charge in [-0.2, -0.15) is 5.10 Å². The Labute approximate surface area is 141 Å². The number of aryl methyl sites for hydroxylation is 2. The van der Waals surface area contributed by atoms with Gasteiger partial charge in [0, 0.05) is 26.2 Å². The number of carbonyl (C=O) groups excluding carboxylic acids is 1. The Morgan fingerprint density at radius 3 is 2.96 bits per heavy atom. The standard InChI is InChI=1S/C18H23N3O3/c1-14-4-3-5-15(8-14)9-18(13-22)12-21(6-7-24-18)17(23)16-10-19-20(2)11-16/h3-5,8,10-11,22H,6-7,9,12-13H2,1-2H3/t18-/m1/s1. The molecule has 1 amide bonds. The van der Waals surface area contributed by atoms with Crippen molar-refractivity contribution in [2.45, 2.75) is 18.9 Å². The summed E-state index contributed by atoms with van der Waals surface area (Å²) < 4.78 is 7.53. The molecule has 1 fully saturated rings. The van der Waals surface area contributed by atoms with Crippen LogP contribution >= 0.6 is 0 Å². The zero-order chi connectivity index (χ0) is 17.2. The van der Waals surface area contributed by atoms with Crippen molar-refractivity contribution in [1.29, 1.82) is 0 Å². The van der Waals surface area contributed by atoms with Gasteiger partial charge < -0.3 is 14.7 Å². The van der Waals surface area contributed by atoms with Crippen LogP contribution in [0.15, 0.2) is 36.7 Å². The first-order valence-electron chi connectivity index (χ1n) is 8.10. The molecular weight excluding hydrogens is 306 g/mol. The number of amides is 1. The molecule has 0 spiro atoms. The minimum absolute atomic E-state index is 0.0755. The minimum atomic E-state index is -0.760. The fraction of sp³-hybridized carbons (Fsp3) is 0.444. The van der Waals surface area contributed by atoms with Crippen molar-refractivity contribution in [2.75, 3.05) is 26.3 Å². The molecule has 6 heteroatoms. The highest BCUT2D eigenvalue weighted by Crippen LogP contribution is 2.24. The minimum Gasteiger partial charge on any atom is -0.393 e. The summed E-state index contributed by atoms with van der Waals surface area (Å²) in [6.07, 6.45) is 3.85. The van der Waals surface area contributed by atoms with Crippen LogP contribution in [0.3, 0.4) is 0 Å². The second-order valence-electron chi connectivity index (χ2n) is 6.48. The lowest BCUT2D eigenvalue weighted by atomic mass is 9.92. The lowest BCUT2D eigenvalue weighted by Gasteiger charge is -2.41. The third-order valence-corrected chi connectivity index (χ3v) is 4.38. The van der Waals surface area contributed by atoms with E-state index in [-0.39, 0.29) is 12.5 Å². The topological polar surface area (TPSA) is 67.6 Å². The molecule has 1 saturated heterocycles. The van der Waals surface area contributed by atoms with E-state index in [1.54, 1.807) is 29.0 Å². The molecule has 2 aromatic rings. The summed E-state index contributed by atoms with van der Waals surface area (Å²) in [4.78, 5) is 14.4. The van der Waals surface area contributed by atoms with Gasteiger partial charge in [-0.1, -0.05) is 29.8 Å². The van der Waals surface area contributed by atoms with E-state index in [1.165, 1.54) is 5.56 Å². The molecule has 128 valence electrons. The molecule has 0 saturated carbocycles. The number of hydrogen-bond donors (Lipinski definition) is 1. The number of carbonyl (C=O) groups is 1. The molecule has 24 heavy (non-hydrogen) atoms. The third kappa shape index (κ3) is 3.49. The van der Waals surface area contributed by atoms with Gasteiger partial charge in [0.25, 0.3) is 5.91 Å². The van der Waals surface area contributed by atoms with Crippen molar-refractivity contribution in [1.82, 2.24) is 14.7 Å². The summed E-state index contributed by atoms with van der Waals surface area (Å²) in [7, 11) is 1.78. The molecular formula is C18H23N3O3. The average molecular weight is 329 g/mol. The molecule has 0 aliphatic carbocycles. The van der Waals surface area contributed by atoms with E-state index in [0.717, 1.165) is 5.56 Å². The Morgan fingerprint density at radius 1 is 1.46 bits per heavy atom. The van der Waals surface area contributed by atoms with Crippen molar-refractivity contribution in [3.8, 4) is 0 Å². The van der Waals surface area contributed by atoms with E-state index in [4.69, 9.17) is 4.74 Å². The highest BCUT2D eigenvalue weighted by Gasteiger charge is 2.38. The molecule has 2 heterocycles. The zero-order valence-corrected chi connectivity index (χ0v) is 14.1. The maximum atomic E-state index is 12.7.